The number of rotatable bonds is 19. The predicted molar refractivity (Wildman–Crippen MR) is 227 cm³/mol. The fourth-order valence-electron chi connectivity index (χ4n) is 6.52. The van der Waals surface area contributed by atoms with Gasteiger partial charge in [0.05, 0.1) is 26.0 Å². The molecule has 4 nitrogen and oxygen atoms in total. The van der Waals surface area contributed by atoms with E-state index in [9.17, 15) is 0 Å². The molecule has 0 heterocycles. The summed E-state index contributed by atoms with van der Waals surface area (Å²) in [5, 5.41) is 4.31. The summed E-state index contributed by atoms with van der Waals surface area (Å²) in [6.45, 7) is 8.18. The summed E-state index contributed by atoms with van der Waals surface area (Å²) in [7, 11) is 0.328. The number of benzene rings is 6. The van der Waals surface area contributed by atoms with Crippen molar-refractivity contribution in [2.45, 2.75) is 33.2 Å². The van der Waals surface area contributed by atoms with Gasteiger partial charge in [0.1, 0.15) is 41.3 Å². The van der Waals surface area contributed by atoms with Crippen LogP contribution in [0.5, 0.6) is 11.5 Å². The zero-order valence-corrected chi connectivity index (χ0v) is 32.5. The highest BCUT2D eigenvalue weighted by molar-refractivity contribution is 7.95. The van der Waals surface area contributed by atoms with Crippen molar-refractivity contribution in [3.8, 4) is 22.6 Å². The molecular weight excluding hydrogens is 670 g/mol. The number of nitrogens with zero attached hydrogens (tertiary/aromatic N) is 1. The molecule has 6 aromatic rings. The minimum atomic E-state index is -1.80. The van der Waals surface area contributed by atoms with E-state index >= 15 is 0 Å². The second-order valence-corrected chi connectivity index (χ2v) is 16.4. The highest BCUT2D eigenvalue weighted by atomic mass is 31.2. The van der Waals surface area contributed by atoms with E-state index in [0.717, 1.165) is 43.6 Å². The summed E-state index contributed by atoms with van der Waals surface area (Å²) in [6, 6.07) is 60.5. The first kappa shape index (κ1) is 39.5. The first-order valence-corrected chi connectivity index (χ1v) is 21.0. The molecule has 6 rings (SSSR count). The standard InChI is InChI=1S/C46H49NO3P.C2H6/c1-47(32-34-48-35-36-50-43-30-26-41(27-31-43)40-16-6-2-7-17-40)38-39-24-28-42(29-25-39)49-33-14-15-37-51(44-18-8-3-9-19-44,45-20-10-4-11-21-45)46-22-12-5-13-23-46;1-2/h2-13,16-31H,14-15,32-38H2,1H3;1-2H3/q+1;. The third-order valence-corrected chi connectivity index (χ3v) is 13.7. The van der Waals surface area contributed by atoms with Gasteiger partial charge in [-0.3, -0.25) is 4.90 Å². The highest BCUT2D eigenvalue weighted by Gasteiger charge is 2.44. The molecule has 0 spiro atoms. The van der Waals surface area contributed by atoms with Crippen LogP contribution in [0.1, 0.15) is 32.3 Å². The maximum absolute atomic E-state index is 6.23. The van der Waals surface area contributed by atoms with Gasteiger partial charge in [0, 0.05) is 13.1 Å². The first-order chi connectivity index (χ1) is 26.2. The molecule has 5 heteroatoms. The molecule has 274 valence electrons. The minimum Gasteiger partial charge on any atom is -0.494 e. The Morgan fingerprint density at radius 3 is 1.43 bits per heavy atom. The molecular formula is C48H55NO3P+. The van der Waals surface area contributed by atoms with Crippen LogP contribution in [-0.4, -0.2) is 51.1 Å². The molecule has 0 saturated heterocycles. The Morgan fingerprint density at radius 1 is 0.453 bits per heavy atom. The average molecular weight is 725 g/mol. The molecule has 0 bridgehead atoms. The van der Waals surface area contributed by atoms with Gasteiger partial charge in [-0.25, -0.2) is 0 Å². The van der Waals surface area contributed by atoms with Crippen molar-refractivity contribution >= 4 is 23.2 Å². The molecule has 6 aromatic carbocycles. The van der Waals surface area contributed by atoms with Crippen LogP contribution in [0.15, 0.2) is 170 Å². The molecule has 0 unspecified atom stereocenters. The summed E-state index contributed by atoms with van der Waals surface area (Å²) < 4.78 is 17.9. The molecule has 0 aliphatic heterocycles. The highest BCUT2D eigenvalue weighted by Crippen LogP contribution is 2.55. The molecule has 53 heavy (non-hydrogen) atoms. The van der Waals surface area contributed by atoms with E-state index in [-0.39, 0.29) is 0 Å². The van der Waals surface area contributed by atoms with Gasteiger partial charge in [0.15, 0.2) is 0 Å². The van der Waals surface area contributed by atoms with Gasteiger partial charge in [0.25, 0.3) is 0 Å². The van der Waals surface area contributed by atoms with Gasteiger partial charge < -0.3 is 14.2 Å². The van der Waals surface area contributed by atoms with Gasteiger partial charge in [-0.1, -0.05) is 123 Å². The van der Waals surface area contributed by atoms with Gasteiger partial charge in [0.2, 0.25) is 0 Å². The van der Waals surface area contributed by atoms with Crippen LogP contribution in [0.25, 0.3) is 11.1 Å². The van der Waals surface area contributed by atoms with Gasteiger partial charge >= 0.3 is 0 Å². The molecule has 0 aliphatic carbocycles. The van der Waals surface area contributed by atoms with E-state index in [4.69, 9.17) is 14.2 Å². The molecule has 0 amide bonds. The predicted octanol–water partition coefficient (Wildman–Crippen LogP) is 10.1. The fourth-order valence-corrected chi connectivity index (χ4v) is 10.9. The van der Waals surface area contributed by atoms with Crippen molar-refractivity contribution in [1.29, 1.82) is 0 Å². The quantitative estimate of drug-likeness (QED) is 0.0615. The van der Waals surface area contributed by atoms with E-state index in [1.165, 1.54) is 32.6 Å². The van der Waals surface area contributed by atoms with Crippen molar-refractivity contribution < 1.29 is 14.2 Å². The lowest BCUT2D eigenvalue weighted by molar-refractivity contribution is 0.0837. The molecule has 0 radical (unpaired) electrons. The van der Waals surface area contributed by atoms with Crippen LogP contribution < -0.4 is 25.4 Å². The van der Waals surface area contributed by atoms with Crippen LogP contribution in [0.2, 0.25) is 0 Å². The smallest absolute Gasteiger partial charge is 0.119 e. The van der Waals surface area contributed by atoms with Crippen LogP contribution in [0.3, 0.4) is 0 Å². The van der Waals surface area contributed by atoms with Crippen molar-refractivity contribution in [3.05, 3.63) is 175 Å². The number of likely N-dealkylation sites (N-methyl/N-ethyl adjacent to an activating group) is 1. The lowest BCUT2D eigenvalue weighted by Crippen LogP contribution is -2.33. The summed E-state index contributed by atoms with van der Waals surface area (Å²) >= 11 is 0. The zero-order valence-electron chi connectivity index (χ0n) is 31.6. The number of hydrogen-bond acceptors (Lipinski definition) is 4. The van der Waals surface area contributed by atoms with Gasteiger partial charge in [-0.2, -0.15) is 0 Å². The third-order valence-electron chi connectivity index (χ3n) is 9.20. The van der Waals surface area contributed by atoms with Gasteiger partial charge in [-0.05, 0) is 97.2 Å². The molecule has 0 atom stereocenters. The maximum Gasteiger partial charge on any atom is 0.119 e. The van der Waals surface area contributed by atoms with Crippen LogP contribution in [-0.2, 0) is 11.3 Å². The lowest BCUT2D eigenvalue weighted by atomic mass is 10.1. The van der Waals surface area contributed by atoms with Crippen LogP contribution in [0, 0.1) is 0 Å². The van der Waals surface area contributed by atoms with Crippen LogP contribution >= 0.6 is 7.26 Å². The van der Waals surface area contributed by atoms with Crippen molar-refractivity contribution in [2.75, 3.05) is 46.2 Å². The second-order valence-electron chi connectivity index (χ2n) is 12.8. The number of hydrogen-bond donors (Lipinski definition) is 0. The van der Waals surface area contributed by atoms with E-state index < -0.39 is 7.26 Å². The van der Waals surface area contributed by atoms with Crippen molar-refractivity contribution in [2.24, 2.45) is 0 Å². The van der Waals surface area contributed by atoms with E-state index in [1.807, 2.05) is 32.0 Å². The molecule has 0 aromatic heterocycles. The van der Waals surface area contributed by atoms with Crippen LogP contribution in [0.4, 0.5) is 0 Å². The molecule has 0 saturated carbocycles. The molecule has 0 aliphatic rings. The Labute approximate surface area is 318 Å². The molecule has 0 N–H and O–H groups in total. The van der Waals surface area contributed by atoms with E-state index in [0.29, 0.717) is 26.4 Å². The summed E-state index contributed by atoms with van der Waals surface area (Å²) in [5.41, 5.74) is 3.65. The Bertz CT molecular complexity index is 1740. The Morgan fingerprint density at radius 2 is 0.906 bits per heavy atom. The van der Waals surface area contributed by atoms with E-state index in [2.05, 4.69) is 164 Å². The zero-order chi connectivity index (χ0) is 37.0. The topological polar surface area (TPSA) is 30.9 Å². The summed E-state index contributed by atoms with van der Waals surface area (Å²) in [5.74, 6) is 1.79. The van der Waals surface area contributed by atoms with E-state index in [1.54, 1.807) is 0 Å². The van der Waals surface area contributed by atoms with Crippen molar-refractivity contribution in [3.63, 3.8) is 0 Å². The maximum atomic E-state index is 6.23. The Kier molecular flexibility index (Phi) is 16.2. The number of unbranched alkanes of at least 4 members (excludes halogenated alkanes) is 1. The SMILES string of the molecule is CC.CN(CCOCCOc1ccc(-c2ccccc2)cc1)Cc1ccc(OCCCC[P+](c2ccccc2)(c2ccccc2)c2ccccc2)cc1. The minimum absolute atomic E-state index is 0.533. The average Bonchev–Trinajstić information content (AvgIpc) is 3.23. The normalized spacial score (nSPS) is 11.1. The fraction of sp³-hybridized carbons (Fsp3) is 0.250. The second kappa shape index (κ2) is 21.7. The first-order valence-electron chi connectivity index (χ1n) is 19.0. The summed E-state index contributed by atoms with van der Waals surface area (Å²) in [4.78, 5) is 2.28. The monoisotopic (exact) mass is 724 g/mol. The third kappa shape index (κ3) is 11.6. The molecule has 0 fully saturated rings. The van der Waals surface area contributed by atoms with Crippen molar-refractivity contribution in [1.82, 2.24) is 4.90 Å². The Hall–Kier alpha value is -4.73. The lowest BCUT2D eigenvalue weighted by Gasteiger charge is -2.27. The van der Waals surface area contributed by atoms with Gasteiger partial charge in [-0.15, -0.1) is 0 Å². The summed E-state index contributed by atoms with van der Waals surface area (Å²) in [6.07, 6.45) is 3.20. The largest absolute Gasteiger partial charge is 0.494 e. The Balaban J connectivity index is 0.00000266. The number of ether oxygens (including phenoxy) is 3.